The van der Waals surface area contributed by atoms with Crippen LogP contribution < -0.4 is 14.9 Å². The summed E-state index contributed by atoms with van der Waals surface area (Å²) in [5.74, 6) is -2.35. The van der Waals surface area contributed by atoms with Crippen LogP contribution in [0.3, 0.4) is 0 Å². The second-order valence-corrected chi connectivity index (χ2v) is 9.62. The quantitative estimate of drug-likeness (QED) is 0.497. The summed E-state index contributed by atoms with van der Waals surface area (Å²) in [5, 5.41) is 5.11. The van der Waals surface area contributed by atoms with Crippen LogP contribution in [0.5, 0.6) is 0 Å². The number of hydrogen-bond donors (Lipinski definition) is 1. The van der Waals surface area contributed by atoms with Crippen molar-refractivity contribution < 1.29 is 30.4 Å². The van der Waals surface area contributed by atoms with Gasteiger partial charge >= 0.3 is 6.18 Å². The zero-order chi connectivity index (χ0) is 25.6. The zero-order valence-electron chi connectivity index (χ0n) is 18.7. The number of sulfonamides is 1. The first-order chi connectivity index (χ1) is 15.6. The maximum Gasteiger partial charge on any atom is 0.420 e. The van der Waals surface area contributed by atoms with Gasteiger partial charge in [-0.1, -0.05) is 12.1 Å². The van der Waals surface area contributed by atoms with Gasteiger partial charge in [-0.25, -0.2) is 22.3 Å². The van der Waals surface area contributed by atoms with Crippen molar-refractivity contribution in [3.8, 4) is 22.3 Å². The van der Waals surface area contributed by atoms with E-state index in [4.69, 9.17) is 5.14 Å². The third-order valence-corrected chi connectivity index (χ3v) is 6.14. The number of alkyl halides is 3. The van der Waals surface area contributed by atoms with Crippen molar-refractivity contribution in [2.75, 3.05) is 38.0 Å². The number of anilines is 2. The second kappa shape index (κ2) is 8.88. The van der Waals surface area contributed by atoms with Gasteiger partial charge in [0.25, 0.3) is 0 Å². The lowest BCUT2D eigenvalue weighted by atomic mass is 9.92. The summed E-state index contributed by atoms with van der Waals surface area (Å²) in [7, 11) is 1.82. The monoisotopic (exact) mass is 499 g/mol. The summed E-state index contributed by atoms with van der Waals surface area (Å²) >= 11 is 0. The smallest absolute Gasteiger partial charge is 0.377 e. The molecular weight excluding hydrogens is 477 g/mol. The molecule has 0 atom stereocenters. The summed E-state index contributed by atoms with van der Waals surface area (Å²) in [5.41, 5.74) is -0.365. The molecule has 0 bridgehead atoms. The minimum atomic E-state index is -4.67. The van der Waals surface area contributed by atoms with Crippen LogP contribution in [-0.2, 0) is 16.2 Å². The van der Waals surface area contributed by atoms with Crippen molar-refractivity contribution in [3.63, 3.8) is 0 Å². The molecule has 182 valence electrons. The van der Waals surface area contributed by atoms with Gasteiger partial charge in [0.2, 0.25) is 10.0 Å². The maximum atomic E-state index is 14.3. The van der Waals surface area contributed by atoms with E-state index in [1.165, 1.54) is 74.4 Å². The summed E-state index contributed by atoms with van der Waals surface area (Å²) in [4.78, 5) is 2.40. The van der Waals surface area contributed by atoms with Crippen LogP contribution in [0.4, 0.5) is 33.3 Å². The molecule has 3 rings (SSSR count). The summed E-state index contributed by atoms with van der Waals surface area (Å²) in [6, 6.07) is 9.46. The Morgan fingerprint density at radius 2 is 1.15 bits per heavy atom. The Morgan fingerprint density at radius 3 is 1.50 bits per heavy atom. The highest BCUT2D eigenvalue weighted by Crippen LogP contribution is 2.46. The largest absolute Gasteiger partial charge is 0.420 e. The number of rotatable bonds is 5. The SMILES string of the molecule is CN(C)c1cc(-c2cc(F)c(F)cc2-c2ccc(S(N)(=O)=O)cc2)cc(N(C)C)c1C(F)(F)F. The van der Waals surface area contributed by atoms with E-state index in [0.29, 0.717) is 5.56 Å². The second-order valence-electron chi connectivity index (χ2n) is 8.06. The molecule has 0 fully saturated rings. The first-order valence-electron chi connectivity index (χ1n) is 9.83. The fraction of sp³-hybridized carbons (Fsp3) is 0.217. The minimum absolute atomic E-state index is 0.127. The van der Waals surface area contributed by atoms with Gasteiger partial charge < -0.3 is 9.80 Å². The van der Waals surface area contributed by atoms with E-state index < -0.39 is 33.4 Å². The molecule has 11 heteroatoms. The van der Waals surface area contributed by atoms with Crippen molar-refractivity contribution in [3.05, 3.63) is 65.7 Å². The molecule has 0 saturated heterocycles. The van der Waals surface area contributed by atoms with Crippen LogP contribution in [0.1, 0.15) is 5.56 Å². The predicted molar refractivity (Wildman–Crippen MR) is 122 cm³/mol. The van der Waals surface area contributed by atoms with Crippen LogP contribution >= 0.6 is 0 Å². The summed E-state index contributed by atoms with van der Waals surface area (Å²) in [6.45, 7) is 0. The molecule has 0 aliphatic heterocycles. The topological polar surface area (TPSA) is 66.6 Å². The van der Waals surface area contributed by atoms with Gasteiger partial charge in [0.05, 0.1) is 16.3 Å². The number of primary sulfonamides is 1. The first-order valence-corrected chi connectivity index (χ1v) is 11.4. The lowest BCUT2D eigenvalue weighted by Crippen LogP contribution is -2.22. The highest BCUT2D eigenvalue weighted by atomic mass is 32.2. The number of hydrogen-bond acceptors (Lipinski definition) is 4. The fourth-order valence-corrected chi connectivity index (χ4v) is 4.13. The Morgan fingerprint density at radius 1 is 0.735 bits per heavy atom. The van der Waals surface area contributed by atoms with Crippen molar-refractivity contribution in [2.24, 2.45) is 5.14 Å². The van der Waals surface area contributed by atoms with Crippen molar-refractivity contribution in [2.45, 2.75) is 11.1 Å². The average Bonchev–Trinajstić information content (AvgIpc) is 2.73. The Balaban J connectivity index is 2.35. The Hall–Kier alpha value is -3.18. The molecule has 0 heterocycles. The Labute approximate surface area is 194 Å². The lowest BCUT2D eigenvalue weighted by Gasteiger charge is -2.27. The van der Waals surface area contributed by atoms with Crippen molar-refractivity contribution in [1.29, 1.82) is 0 Å². The molecular formula is C23H22F5N3O2S. The lowest BCUT2D eigenvalue weighted by molar-refractivity contribution is -0.136. The van der Waals surface area contributed by atoms with Gasteiger partial charge in [0.1, 0.15) is 5.56 Å². The van der Waals surface area contributed by atoms with Crippen LogP contribution in [0.25, 0.3) is 22.3 Å². The third-order valence-electron chi connectivity index (χ3n) is 5.21. The van der Waals surface area contributed by atoms with E-state index in [2.05, 4.69) is 0 Å². The molecule has 0 radical (unpaired) electrons. The molecule has 34 heavy (non-hydrogen) atoms. The summed E-state index contributed by atoms with van der Waals surface area (Å²) in [6.07, 6.45) is -4.67. The van der Waals surface area contributed by atoms with Gasteiger partial charge in [0.15, 0.2) is 11.6 Å². The number of benzene rings is 3. The molecule has 3 aromatic rings. The first kappa shape index (κ1) is 25.4. The van der Waals surface area contributed by atoms with Gasteiger partial charge in [-0.05, 0) is 58.7 Å². The minimum Gasteiger partial charge on any atom is -0.377 e. The zero-order valence-corrected chi connectivity index (χ0v) is 19.5. The van der Waals surface area contributed by atoms with Crippen LogP contribution in [0, 0.1) is 11.6 Å². The molecule has 0 aliphatic carbocycles. The number of halogens is 5. The highest BCUT2D eigenvalue weighted by Gasteiger charge is 2.38. The molecule has 0 saturated carbocycles. The molecule has 2 N–H and O–H groups in total. The van der Waals surface area contributed by atoms with Crippen LogP contribution in [0.15, 0.2) is 53.4 Å². The maximum absolute atomic E-state index is 14.3. The molecule has 5 nitrogen and oxygen atoms in total. The highest BCUT2D eigenvalue weighted by molar-refractivity contribution is 7.89. The van der Waals surface area contributed by atoms with E-state index in [0.717, 1.165) is 12.1 Å². The standard InChI is InChI=1S/C23H22F5N3O2S/c1-30(2)20-9-14(10-21(31(3)4)22(20)23(26,27)28)17-12-19(25)18(24)11-16(17)13-5-7-15(8-6-13)34(29,32)33/h5-12H,1-4H3,(H2,29,32,33). The molecule has 0 aliphatic rings. The van der Waals surface area contributed by atoms with Gasteiger partial charge in [-0.2, -0.15) is 13.2 Å². The van der Waals surface area contributed by atoms with E-state index >= 15 is 0 Å². The van der Waals surface area contributed by atoms with E-state index in [1.54, 1.807) is 0 Å². The molecule has 0 spiro atoms. The average molecular weight is 500 g/mol. The van der Waals surface area contributed by atoms with Gasteiger partial charge in [0, 0.05) is 28.2 Å². The Bertz CT molecular complexity index is 1310. The van der Waals surface area contributed by atoms with E-state index in [1.807, 2.05) is 0 Å². The van der Waals surface area contributed by atoms with Gasteiger partial charge in [-0.3, -0.25) is 0 Å². The summed E-state index contributed by atoms with van der Waals surface area (Å²) < 4.78 is 93.4. The molecule has 0 amide bonds. The van der Waals surface area contributed by atoms with Crippen LogP contribution in [0.2, 0.25) is 0 Å². The third kappa shape index (κ3) is 5.00. The van der Waals surface area contributed by atoms with Gasteiger partial charge in [-0.15, -0.1) is 0 Å². The van der Waals surface area contributed by atoms with E-state index in [-0.39, 0.29) is 33.0 Å². The van der Waals surface area contributed by atoms with E-state index in [9.17, 15) is 30.4 Å². The number of nitrogens with zero attached hydrogens (tertiary/aromatic N) is 2. The molecule has 3 aromatic carbocycles. The van der Waals surface area contributed by atoms with Crippen molar-refractivity contribution in [1.82, 2.24) is 0 Å². The predicted octanol–water partition coefficient (Wildman–Crippen LogP) is 5.10. The molecule has 0 unspecified atom stereocenters. The van der Waals surface area contributed by atoms with Crippen LogP contribution in [-0.4, -0.2) is 36.6 Å². The normalized spacial score (nSPS) is 12.1. The fourth-order valence-electron chi connectivity index (χ4n) is 3.61. The molecule has 0 aromatic heterocycles. The van der Waals surface area contributed by atoms with Crippen molar-refractivity contribution >= 4 is 21.4 Å². The Kier molecular flexibility index (Phi) is 6.64. The number of nitrogens with two attached hydrogens (primary N) is 1.